The van der Waals surface area contributed by atoms with Crippen LogP contribution in [0.2, 0.25) is 0 Å². The molecule has 2 N–H and O–H groups in total. The highest BCUT2D eigenvalue weighted by atomic mass is 19.1. The van der Waals surface area contributed by atoms with Gasteiger partial charge in [-0.05, 0) is 68.7 Å². The highest BCUT2D eigenvalue weighted by Gasteiger charge is 2.13. The second-order valence-electron chi connectivity index (χ2n) is 7.17. The van der Waals surface area contributed by atoms with E-state index in [2.05, 4.69) is 31.6 Å². The number of ether oxygens (including phenoxy) is 1. The molecule has 1 aromatic carbocycles. The highest BCUT2D eigenvalue weighted by molar-refractivity contribution is 5.79. The zero-order chi connectivity index (χ0) is 20.5. The summed E-state index contributed by atoms with van der Waals surface area (Å²) < 4.78 is 18.8. The van der Waals surface area contributed by atoms with Crippen LogP contribution in [0.4, 0.5) is 10.2 Å². The Hall–Kier alpha value is -2.83. The number of aliphatic imine (C=N–C) groups is 1. The first-order valence-electron chi connectivity index (χ1n) is 10.3. The van der Waals surface area contributed by atoms with Crippen molar-refractivity contribution in [3.8, 4) is 5.75 Å². The standard InChI is InChI=1S/C22H30FN5O/c1-3-24-22(26-15-17(2)29-20-8-6-19(23)7-9-20)27-16-18-10-11-25-21(14-18)28-12-4-5-13-28/h6-11,14,17H,3-5,12-13,15-16H2,1-2H3,(H2,24,26,27). The molecule has 0 spiro atoms. The van der Waals surface area contributed by atoms with Crippen molar-refractivity contribution in [3.05, 3.63) is 54.0 Å². The first-order valence-corrected chi connectivity index (χ1v) is 10.3. The smallest absolute Gasteiger partial charge is 0.191 e. The van der Waals surface area contributed by atoms with Crippen molar-refractivity contribution in [2.24, 2.45) is 4.99 Å². The normalized spacial score (nSPS) is 15.3. The topological polar surface area (TPSA) is 61.8 Å². The summed E-state index contributed by atoms with van der Waals surface area (Å²) in [6.45, 7) is 8.09. The number of pyridine rings is 1. The molecule has 0 bridgehead atoms. The lowest BCUT2D eigenvalue weighted by Gasteiger charge is -2.18. The second kappa shape index (κ2) is 10.6. The molecule has 1 unspecified atom stereocenters. The molecular formula is C22H30FN5O. The SMILES string of the molecule is CCNC(=NCc1ccnc(N2CCCC2)c1)NCC(C)Oc1ccc(F)cc1. The molecule has 1 aliphatic rings. The van der Waals surface area contributed by atoms with Gasteiger partial charge in [0.1, 0.15) is 23.5 Å². The van der Waals surface area contributed by atoms with E-state index in [9.17, 15) is 4.39 Å². The van der Waals surface area contributed by atoms with Crippen LogP contribution in [0.1, 0.15) is 32.3 Å². The van der Waals surface area contributed by atoms with Crippen molar-refractivity contribution in [1.82, 2.24) is 15.6 Å². The summed E-state index contributed by atoms with van der Waals surface area (Å²) in [6.07, 6.45) is 4.23. The van der Waals surface area contributed by atoms with Crippen LogP contribution in [0.5, 0.6) is 5.75 Å². The van der Waals surface area contributed by atoms with Crippen molar-refractivity contribution in [2.75, 3.05) is 31.1 Å². The molecule has 0 saturated carbocycles. The molecule has 156 valence electrons. The van der Waals surface area contributed by atoms with Gasteiger partial charge in [0.15, 0.2) is 5.96 Å². The quantitative estimate of drug-likeness (QED) is 0.527. The lowest BCUT2D eigenvalue weighted by molar-refractivity contribution is 0.223. The fourth-order valence-corrected chi connectivity index (χ4v) is 3.22. The molecule has 0 aliphatic carbocycles. The van der Waals surface area contributed by atoms with Crippen LogP contribution in [-0.4, -0.2) is 43.2 Å². The Kier molecular flexibility index (Phi) is 7.67. The Bertz CT molecular complexity index is 790. The number of aromatic nitrogens is 1. The number of hydrogen-bond acceptors (Lipinski definition) is 4. The average Bonchev–Trinajstić information content (AvgIpc) is 3.27. The Morgan fingerprint density at radius 1 is 1.21 bits per heavy atom. The van der Waals surface area contributed by atoms with E-state index < -0.39 is 0 Å². The minimum absolute atomic E-state index is 0.0907. The van der Waals surface area contributed by atoms with Gasteiger partial charge < -0.3 is 20.3 Å². The van der Waals surface area contributed by atoms with Gasteiger partial charge in [-0.15, -0.1) is 0 Å². The van der Waals surface area contributed by atoms with Crippen LogP contribution < -0.4 is 20.3 Å². The summed E-state index contributed by atoms with van der Waals surface area (Å²) in [4.78, 5) is 11.5. The van der Waals surface area contributed by atoms with Crippen LogP contribution in [0, 0.1) is 5.82 Å². The van der Waals surface area contributed by atoms with Gasteiger partial charge in [-0.25, -0.2) is 14.4 Å². The molecule has 6 nitrogen and oxygen atoms in total. The van der Waals surface area contributed by atoms with Crippen LogP contribution >= 0.6 is 0 Å². The first-order chi connectivity index (χ1) is 14.1. The number of nitrogens with one attached hydrogen (secondary N) is 2. The molecule has 1 saturated heterocycles. The van der Waals surface area contributed by atoms with E-state index >= 15 is 0 Å². The summed E-state index contributed by atoms with van der Waals surface area (Å²) in [6, 6.07) is 10.2. The molecule has 1 fully saturated rings. The highest BCUT2D eigenvalue weighted by Crippen LogP contribution is 2.18. The van der Waals surface area contributed by atoms with E-state index in [1.165, 1.54) is 25.0 Å². The Balaban J connectivity index is 1.53. The second-order valence-corrected chi connectivity index (χ2v) is 7.17. The van der Waals surface area contributed by atoms with Crippen LogP contribution in [-0.2, 0) is 6.54 Å². The summed E-state index contributed by atoms with van der Waals surface area (Å²) >= 11 is 0. The summed E-state index contributed by atoms with van der Waals surface area (Å²) in [5.74, 6) is 2.15. The predicted molar refractivity (Wildman–Crippen MR) is 115 cm³/mol. The molecule has 1 aliphatic heterocycles. The molecule has 2 aromatic rings. The number of halogens is 1. The zero-order valence-electron chi connectivity index (χ0n) is 17.2. The van der Waals surface area contributed by atoms with Crippen LogP contribution in [0.15, 0.2) is 47.6 Å². The van der Waals surface area contributed by atoms with E-state index in [0.29, 0.717) is 18.8 Å². The Morgan fingerprint density at radius 3 is 2.69 bits per heavy atom. The minimum atomic E-state index is -0.270. The molecule has 1 atom stereocenters. The van der Waals surface area contributed by atoms with Gasteiger partial charge in [0.2, 0.25) is 0 Å². The molecule has 3 rings (SSSR count). The zero-order valence-corrected chi connectivity index (χ0v) is 17.2. The van der Waals surface area contributed by atoms with Crippen molar-refractivity contribution >= 4 is 11.8 Å². The van der Waals surface area contributed by atoms with E-state index in [-0.39, 0.29) is 11.9 Å². The minimum Gasteiger partial charge on any atom is -0.489 e. The monoisotopic (exact) mass is 399 g/mol. The van der Waals surface area contributed by atoms with Gasteiger partial charge in [0, 0.05) is 25.8 Å². The lowest BCUT2D eigenvalue weighted by Crippen LogP contribution is -2.41. The lowest BCUT2D eigenvalue weighted by atomic mass is 10.2. The summed E-state index contributed by atoms with van der Waals surface area (Å²) in [7, 11) is 0. The van der Waals surface area contributed by atoms with Gasteiger partial charge in [-0.3, -0.25) is 0 Å². The maximum Gasteiger partial charge on any atom is 0.191 e. The van der Waals surface area contributed by atoms with Gasteiger partial charge in [0.25, 0.3) is 0 Å². The van der Waals surface area contributed by atoms with Gasteiger partial charge >= 0.3 is 0 Å². The number of benzene rings is 1. The summed E-state index contributed by atoms with van der Waals surface area (Å²) in [5.41, 5.74) is 1.13. The molecule has 2 heterocycles. The van der Waals surface area contributed by atoms with Gasteiger partial charge in [-0.1, -0.05) is 0 Å². The maximum atomic E-state index is 13.0. The number of rotatable bonds is 8. The molecular weight excluding hydrogens is 369 g/mol. The molecule has 1 aromatic heterocycles. The van der Waals surface area contributed by atoms with Gasteiger partial charge in [-0.2, -0.15) is 0 Å². The van der Waals surface area contributed by atoms with E-state index in [1.807, 2.05) is 26.1 Å². The largest absolute Gasteiger partial charge is 0.489 e. The molecule has 0 radical (unpaired) electrons. The van der Waals surface area contributed by atoms with E-state index in [0.717, 1.165) is 37.0 Å². The third-order valence-corrected chi connectivity index (χ3v) is 4.71. The van der Waals surface area contributed by atoms with Crippen molar-refractivity contribution < 1.29 is 9.13 Å². The third-order valence-electron chi connectivity index (χ3n) is 4.71. The predicted octanol–water partition coefficient (Wildman–Crippen LogP) is 3.34. The third kappa shape index (κ3) is 6.62. The fraction of sp³-hybridized carbons (Fsp3) is 0.455. The molecule has 29 heavy (non-hydrogen) atoms. The Morgan fingerprint density at radius 2 is 1.97 bits per heavy atom. The van der Waals surface area contributed by atoms with Crippen LogP contribution in [0.3, 0.4) is 0 Å². The average molecular weight is 400 g/mol. The van der Waals surface area contributed by atoms with Crippen molar-refractivity contribution in [2.45, 2.75) is 39.3 Å². The maximum absolute atomic E-state index is 13.0. The first kappa shape index (κ1) is 20.9. The molecule has 7 heteroatoms. The Labute approximate surface area is 172 Å². The van der Waals surface area contributed by atoms with E-state index in [1.54, 1.807) is 12.1 Å². The number of anilines is 1. The number of nitrogens with zero attached hydrogens (tertiary/aromatic N) is 3. The van der Waals surface area contributed by atoms with Crippen molar-refractivity contribution in [1.29, 1.82) is 0 Å². The fourth-order valence-electron chi connectivity index (χ4n) is 3.22. The van der Waals surface area contributed by atoms with E-state index in [4.69, 9.17) is 4.74 Å². The summed E-state index contributed by atoms with van der Waals surface area (Å²) in [5, 5.41) is 6.56. The van der Waals surface area contributed by atoms with Crippen LogP contribution in [0.25, 0.3) is 0 Å². The number of guanidine groups is 1. The molecule has 0 amide bonds. The van der Waals surface area contributed by atoms with Gasteiger partial charge in [0.05, 0.1) is 13.1 Å². The number of hydrogen-bond donors (Lipinski definition) is 2. The van der Waals surface area contributed by atoms with Crippen molar-refractivity contribution in [3.63, 3.8) is 0 Å².